The lowest BCUT2D eigenvalue weighted by atomic mass is 9.48. The highest BCUT2D eigenvalue weighted by Crippen LogP contribution is 2.60. The normalized spacial score (nSPS) is 32.1. The summed E-state index contributed by atoms with van der Waals surface area (Å²) in [5.74, 6) is 1.92. The molecule has 5 fully saturated rings. The molecule has 6 rings (SSSR count). The van der Waals surface area contributed by atoms with E-state index in [-0.39, 0.29) is 28.9 Å². The van der Waals surface area contributed by atoms with Crippen LogP contribution in [0.25, 0.3) is 0 Å². The number of rotatable bonds is 6. The summed E-state index contributed by atoms with van der Waals surface area (Å²) in [4.78, 5) is 30.5. The van der Waals surface area contributed by atoms with E-state index in [2.05, 4.69) is 11.1 Å². The number of nitrogens with zero attached hydrogens (tertiary/aromatic N) is 2. The van der Waals surface area contributed by atoms with Crippen molar-refractivity contribution in [3.8, 4) is 6.07 Å². The van der Waals surface area contributed by atoms with Crippen LogP contribution in [0.5, 0.6) is 0 Å². The molecule has 0 spiro atoms. The van der Waals surface area contributed by atoms with Crippen LogP contribution in [-0.4, -0.2) is 29.6 Å². The van der Waals surface area contributed by atoms with Crippen molar-refractivity contribution in [3.63, 3.8) is 0 Å². The van der Waals surface area contributed by atoms with Gasteiger partial charge >= 0.3 is 5.97 Å². The van der Waals surface area contributed by atoms with Gasteiger partial charge in [-0.25, -0.2) is 9.78 Å². The Morgan fingerprint density at radius 1 is 1.21 bits per heavy atom. The van der Waals surface area contributed by atoms with E-state index in [9.17, 15) is 14.9 Å². The van der Waals surface area contributed by atoms with E-state index in [0.29, 0.717) is 28.7 Å². The number of thioether (sulfide) groups is 1. The van der Waals surface area contributed by atoms with Crippen molar-refractivity contribution in [1.29, 1.82) is 5.26 Å². The summed E-state index contributed by atoms with van der Waals surface area (Å²) in [7, 11) is 0. The van der Waals surface area contributed by atoms with Gasteiger partial charge in [0.1, 0.15) is 11.1 Å². The molecule has 0 radical (unpaired) electrons. The standard InChI is InChI=1S/C23H26N2O3S/c1-29-21-18(11-24)17(7-19(25-21)16-2-3-16)22(27)28-12-20(26)23-8-13-4-14(9-23)6-15(5-13)10-23/h7,13-16H,2-6,8-10,12H2,1H3. The van der Waals surface area contributed by atoms with Crippen molar-refractivity contribution in [1.82, 2.24) is 4.98 Å². The molecule has 4 bridgehead atoms. The van der Waals surface area contributed by atoms with Gasteiger partial charge in [-0.3, -0.25) is 4.79 Å². The molecule has 5 aliphatic rings. The Kier molecular flexibility index (Phi) is 4.70. The second-order valence-electron chi connectivity index (χ2n) is 9.56. The van der Waals surface area contributed by atoms with Crippen LogP contribution in [0, 0.1) is 34.5 Å². The van der Waals surface area contributed by atoms with E-state index < -0.39 is 5.97 Å². The second-order valence-corrected chi connectivity index (χ2v) is 10.4. The Bertz CT molecular complexity index is 880. The minimum Gasteiger partial charge on any atom is -0.454 e. The number of hydrogen-bond donors (Lipinski definition) is 0. The summed E-state index contributed by atoms with van der Waals surface area (Å²) < 4.78 is 5.50. The number of carbonyl (C=O) groups excluding carboxylic acids is 2. The van der Waals surface area contributed by atoms with Gasteiger partial charge in [0.05, 0.1) is 11.1 Å². The lowest BCUT2D eigenvalue weighted by Crippen LogP contribution is -2.51. The first kappa shape index (κ1) is 19.1. The molecule has 29 heavy (non-hydrogen) atoms. The summed E-state index contributed by atoms with van der Waals surface area (Å²) in [5.41, 5.74) is 1.10. The molecule has 5 nitrogen and oxygen atoms in total. The number of ether oxygens (including phenoxy) is 1. The SMILES string of the molecule is CSc1nc(C2CC2)cc(C(=O)OCC(=O)C23CC4CC(CC(C4)C2)C3)c1C#N. The van der Waals surface area contributed by atoms with Crippen LogP contribution < -0.4 is 0 Å². The minimum absolute atomic E-state index is 0.0880. The first-order valence-electron chi connectivity index (χ1n) is 10.7. The molecule has 0 aliphatic heterocycles. The quantitative estimate of drug-likeness (QED) is 0.508. The maximum Gasteiger partial charge on any atom is 0.340 e. The topological polar surface area (TPSA) is 80.0 Å². The molecule has 1 heterocycles. The zero-order chi connectivity index (χ0) is 20.2. The van der Waals surface area contributed by atoms with Crippen LogP contribution in [0.2, 0.25) is 0 Å². The third-order valence-electron chi connectivity index (χ3n) is 7.49. The Morgan fingerprint density at radius 3 is 2.34 bits per heavy atom. The zero-order valence-electron chi connectivity index (χ0n) is 16.8. The first-order chi connectivity index (χ1) is 14.0. The van der Waals surface area contributed by atoms with Crippen LogP contribution in [0.1, 0.15) is 78.9 Å². The van der Waals surface area contributed by atoms with Gasteiger partial charge in [-0.15, -0.1) is 11.8 Å². The lowest BCUT2D eigenvalue weighted by Gasteiger charge is -2.55. The predicted molar refractivity (Wildman–Crippen MR) is 109 cm³/mol. The molecule has 0 saturated heterocycles. The summed E-state index contributed by atoms with van der Waals surface area (Å²) in [6.45, 7) is -0.175. The zero-order valence-corrected chi connectivity index (χ0v) is 17.6. The fraction of sp³-hybridized carbons (Fsp3) is 0.652. The number of hydrogen-bond acceptors (Lipinski definition) is 6. The Balaban J connectivity index is 1.33. The third-order valence-corrected chi connectivity index (χ3v) is 8.17. The molecule has 0 N–H and O–H groups in total. The van der Waals surface area contributed by atoms with Crippen LogP contribution in [0.3, 0.4) is 0 Å². The highest BCUT2D eigenvalue weighted by atomic mass is 32.2. The van der Waals surface area contributed by atoms with Gasteiger partial charge in [0.2, 0.25) is 0 Å². The third kappa shape index (κ3) is 3.38. The van der Waals surface area contributed by atoms with Gasteiger partial charge < -0.3 is 4.74 Å². The maximum absolute atomic E-state index is 13.1. The van der Waals surface area contributed by atoms with Gasteiger partial charge in [-0.1, -0.05) is 0 Å². The molecule has 0 unspecified atom stereocenters. The van der Waals surface area contributed by atoms with Crippen molar-refractivity contribution in [2.45, 2.75) is 62.3 Å². The fourth-order valence-electron chi connectivity index (χ4n) is 6.36. The van der Waals surface area contributed by atoms with Crippen molar-refractivity contribution in [2.24, 2.45) is 23.2 Å². The van der Waals surface area contributed by atoms with Gasteiger partial charge in [0.15, 0.2) is 12.4 Å². The molecule has 6 heteroatoms. The second kappa shape index (κ2) is 7.12. The highest BCUT2D eigenvalue weighted by Gasteiger charge is 2.54. The smallest absolute Gasteiger partial charge is 0.340 e. The van der Waals surface area contributed by atoms with E-state index in [1.807, 2.05) is 6.26 Å². The van der Waals surface area contributed by atoms with Gasteiger partial charge in [-0.2, -0.15) is 5.26 Å². The van der Waals surface area contributed by atoms with E-state index in [1.165, 1.54) is 31.0 Å². The van der Waals surface area contributed by atoms with Crippen molar-refractivity contribution in [3.05, 3.63) is 22.9 Å². The molecule has 1 aromatic rings. The highest BCUT2D eigenvalue weighted by molar-refractivity contribution is 7.98. The number of Topliss-reactive ketones (excluding diaryl/α,β-unsaturated/α-hetero) is 1. The van der Waals surface area contributed by atoms with E-state index in [1.54, 1.807) is 6.07 Å². The molecule has 0 aromatic carbocycles. The van der Waals surface area contributed by atoms with Crippen molar-refractivity contribution in [2.75, 3.05) is 12.9 Å². The number of aromatic nitrogens is 1. The molecular weight excluding hydrogens is 384 g/mol. The lowest BCUT2D eigenvalue weighted by molar-refractivity contribution is -0.147. The molecule has 5 aliphatic carbocycles. The van der Waals surface area contributed by atoms with Crippen molar-refractivity contribution >= 4 is 23.5 Å². The monoisotopic (exact) mass is 410 g/mol. The molecule has 1 aromatic heterocycles. The number of pyridine rings is 1. The Hall–Kier alpha value is -1.87. The Labute approximate surface area is 175 Å². The van der Waals surface area contributed by atoms with Gasteiger partial charge in [0, 0.05) is 17.0 Å². The van der Waals surface area contributed by atoms with Crippen LogP contribution >= 0.6 is 11.8 Å². The predicted octanol–water partition coefficient (Wildman–Crippen LogP) is 4.49. The van der Waals surface area contributed by atoms with Gasteiger partial charge in [0.25, 0.3) is 0 Å². The average molecular weight is 411 g/mol. The largest absolute Gasteiger partial charge is 0.454 e. The Morgan fingerprint density at radius 2 is 1.83 bits per heavy atom. The number of esters is 1. The maximum atomic E-state index is 13.1. The minimum atomic E-state index is -0.570. The molecule has 152 valence electrons. The van der Waals surface area contributed by atoms with E-state index in [4.69, 9.17) is 4.74 Å². The summed E-state index contributed by atoms with van der Waals surface area (Å²) in [6.07, 6.45) is 10.7. The molecule has 0 atom stereocenters. The van der Waals surface area contributed by atoms with Crippen LogP contribution in [-0.2, 0) is 9.53 Å². The van der Waals surface area contributed by atoms with E-state index in [0.717, 1.165) is 37.8 Å². The number of ketones is 1. The fourth-order valence-corrected chi connectivity index (χ4v) is 6.92. The molecule has 0 amide bonds. The summed E-state index contributed by atoms with van der Waals surface area (Å²) in [5, 5.41) is 10.1. The van der Waals surface area contributed by atoms with E-state index >= 15 is 0 Å². The van der Waals surface area contributed by atoms with Crippen LogP contribution in [0.4, 0.5) is 0 Å². The summed E-state index contributed by atoms with van der Waals surface area (Å²) in [6, 6.07) is 3.81. The number of carbonyl (C=O) groups is 2. The molecular formula is C23H26N2O3S. The molecule has 5 saturated carbocycles. The number of nitriles is 1. The average Bonchev–Trinajstić information content (AvgIpc) is 3.55. The first-order valence-corrected chi connectivity index (χ1v) is 11.9. The van der Waals surface area contributed by atoms with Gasteiger partial charge in [-0.05, 0) is 81.4 Å². The van der Waals surface area contributed by atoms with Crippen LogP contribution in [0.15, 0.2) is 11.1 Å². The van der Waals surface area contributed by atoms with Crippen molar-refractivity contribution < 1.29 is 14.3 Å². The summed E-state index contributed by atoms with van der Waals surface area (Å²) >= 11 is 1.37.